The van der Waals surface area contributed by atoms with Crippen LogP contribution in [0.3, 0.4) is 0 Å². The Labute approximate surface area is 130 Å². The first kappa shape index (κ1) is 16.9. The maximum Gasteiger partial charge on any atom is 0.316 e. The van der Waals surface area contributed by atoms with E-state index in [1.807, 2.05) is 0 Å². The predicted molar refractivity (Wildman–Crippen MR) is 80.8 cm³/mol. The van der Waals surface area contributed by atoms with Crippen molar-refractivity contribution in [1.29, 1.82) is 0 Å². The summed E-state index contributed by atoms with van der Waals surface area (Å²) < 4.78 is 42.2. The van der Waals surface area contributed by atoms with Crippen LogP contribution in [0.15, 0.2) is 23.1 Å². The molecule has 22 heavy (non-hydrogen) atoms. The lowest BCUT2D eigenvalue weighted by atomic mass is 9.71. The van der Waals surface area contributed by atoms with Gasteiger partial charge in [0.15, 0.2) is 9.84 Å². The Bertz CT molecular complexity index is 677. The fourth-order valence-corrected chi connectivity index (χ4v) is 4.09. The lowest BCUT2D eigenvalue weighted by Gasteiger charge is -2.33. The van der Waals surface area contributed by atoms with Crippen molar-refractivity contribution in [3.8, 4) is 0 Å². The molecule has 1 unspecified atom stereocenters. The van der Waals surface area contributed by atoms with Crippen molar-refractivity contribution in [2.24, 2.45) is 5.92 Å². The molecule has 2 rings (SSSR count). The van der Waals surface area contributed by atoms with Crippen molar-refractivity contribution in [2.45, 2.75) is 42.9 Å². The number of carbonyl (C=O) groups excluding carboxylic acids is 1. The van der Waals surface area contributed by atoms with Crippen LogP contribution in [-0.4, -0.2) is 27.8 Å². The Hall–Kier alpha value is -1.43. The maximum absolute atomic E-state index is 14.2. The largest absolute Gasteiger partial charge is 0.468 e. The van der Waals surface area contributed by atoms with Gasteiger partial charge in [-0.05, 0) is 43.4 Å². The molecule has 1 aromatic carbocycles. The minimum atomic E-state index is -3.63. The molecule has 1 aromatic rings. The van der Waals surface area contributed by atoms with E-state index in [0.717, 1.165) is 38.0 Å². The van der Waals surface area contributed by atoms with Crippen LogP contribution < -0.4 is 0 Å². The van der Waals surface area contributed by atoms with E-state index in [1.165, 1.54) is 19.2 Å². The molecular formula is C16H21FO4S. The van der Waals surface area contributed by atoms with E-state index in [0.29, 0.717) is 5.56 Å². The standard InChI is InChI=1S/C16H21FO4S/c1-16(15(18)21-2,11-6-4-5-7-11)12-8-9-14(13(17)10-12)22(3,19)20/h8-11H,4-7H2,1-3H3. The van der Waals surface area contributed by atoms with E-state index in [4.69, 9.17) is 4.74 Å². The summed E-state index contributed by atoms with van der Waals surface area (Å²) in [6.07, 6.45) is 4.77. The van der Waals surface area contributed by atoms with Gasteiger partial charge in [0.1, 0.15) is 10.7 Å². The van der Waals surface area contributed by atoms with Crippen molar-refractivity contribution >= 4 is 15.8 Å². The van der Waals surface area contributed by atoms with E-state index in [9.17, 15) is 17.6 Å². The summed E-state index contributed by atoms with van der Waals surface area (Å²) in [7, 11) is -2.32. The zero-order chi connectivity index (χ0) is 16.5. The summed E-state index contributed by atoms with van der Waals surface area (Å²) in [5.74, 6) is -1.16. The summed E-state index contributed by atoms with van der Waals surface area (Å²) in [4.78, 5) is 12.0. The Morgan fingerprint density at radius 2 is 1.91 bits per heavy atom. The number of benzene rings is 1. The number of carbonyl (C=O) groups is 1. The van der Waals surface area contributed by atoms with Gasteiger partial charge in [-0.2, -0.15) is 0 Å². The van der Waals surface area contributed by atoms with Crippen LogP contribution in [0.25, 0.3) is 0 Å². The Morgan fingerprint density at radius 3 is 2.36 bits per heavy atom. The topological polar surface area (TPSA) is 60.4 Å². The second-order valence-electron chi connectivity index (χ2n) is 6.09. The quantitative estimate of drug-likeness (QED) is 0.798. The maximum atomic E-state index is 14.2. The van der Waals surface area contributed by atoms with E-state index in [-0.39, 0.29) is 10.8 Å². The molecule has 0 spiro atoms. The third-order valence-corrected chi connectivity index (χ3v) is 5.84. The zero-order valence-electron chi connectivity index (χ0n) is 13.1. The number of sulfone groups is 1. The average molecular weight is 328 g/mol. The zero-order valence-corrected chi connectivity index (χ0v) is 13.9. The van der Waals surface area contributed by atoms with Crippen molar-refractivity contribution in [2.75, 3.05) is 13.4 Å². The van der Waals surface area contributed by atoms with E-state index >= 15 is 0 Å². The highest BCUT2D eigenvalue weighted by Crippen LogP contribution is 2.43. The fourth-order valence-electron chi connectivity index (χ4n) is 3.36. The van der Waals surface area contributed by atoms with Crippen LogP contribution in [-0.2, 0) is 24.8 Å². The molecule has 0 aromatic heterocycles. The monoisotopic (exact) mass is 328 g/mol. The van der Waals surface area contributed by atoms with E-state index < -0.39 is 27.0 Å². The molecule has 1 aliphatic rings. The molecule has 0 radical (unpaired) electrons. The number of halogens is 1. The Kier molecular flexibility index (Phi) is 4.61. The highest BCUT2D eigenvalue weighted by atomic mass is 32.2. The lowest BCUT2D eigenvalue weighted by molar-refractivity contribution is -0.149. The van der Waals surface area contributed by atoms with Crippen LogP contribution in [0.2, 0.25) is 0 Å². The Balaban J connectivity index is 2.53. The number of hydrogen-bond donors (Lipinski definition) is 0. The number of methoxy groups -OCH3 is 1. The molecule has 0 heterocycles. The fraction of sp³-hybridized carbons (Fsp3) is 0.562. The molecule has 0 N–H and O–H groups in total. The first-order valence-corrected chi connectivity index (χ1v) is 9.19. The molecule has 4 nitrogen and oxygen atoms in total. The minimum absolute atomic E-state index is 0.0726. The molecule has 0 bridgehead atoms. The number of esters is 1. The van der Waals surface area contributed by atoms with Gasteiger partial charge in [-0.1, -0.05) is 18.9 Å². The van der Waals surface area contributed by atoms with Crippen molar-refractivity contribution in [3.63, 3.8) is 0 Å². The smallest absolute Gasteiger partial charge is 0.316 e. The predicted octanol–water partition coefficient (Wildman–Crippen LogP) is 2.85. The summed E-state index contributed by atoms with van der Waals surface area (Å²) in [6, 6.07) is 3.91. The Morgan fingerprint density at radius 1 is 1.32 bits per heavy atom. The second-order valence-corrected chi connectivity index (χ2v) is 8.08. The van der Waals surface area contributed by atoms with Crippen LogP contribution in [0.4, 0.5) is 4.39 Å². The molecule has 0 saturated heterocycles. The molecule has 0 aliphatic heterocycles. The molecule has 122 valence electrons. The average Bonchev–Trinajstić information content (AvgIpc) is 2.98. The highest BCUT2D eigenvalue weighted by Gasteiger charge is 2.45. The molecule has 1 fully saturated rings. The third kappa shape index (κ3) is 2.89. The molecule has 0 amide bonds. The van der Waals surface area contributed by atoms with Gasteiger partial charge < -0.3 is 4.74 Å². The first-order valence-electron chi connectivity index (χ1n) is 7.29. The van der Waals surface area contributed by atoms with Gasteiger partial charge in [0, 0.05) is 6.26 Å². The first-order chi connectivity index (χ1) is 10.2. The van der Waals surface area contributed by atoms with Crippen LogP contribution in [0.5, 0.6) is 0 Å². The third-order valence-electron chi connectivity index (χ3n) is 4.71. The normalized spacial score (nSPS) is 18.9. The van der Waals surface area contributed by atoms with Gasteiger partial charge in [-0.15, -0.1) is 0 Å². The van der Waals surface area contributed by atoms with Crippen LogP contribution in [0, 0.1) is 11.7 Å². The molecule has 6 heteroatoms. The molecular weight excluding hydrogens is 307 g/mol. The summed E-state index contributed by atoms with van der Waals surface area (Å²) in [5, 5.41) is 0. The van der Waals surface area contributed by atoms with Gasteiger partial charge in [-0.25, -0.2) is 12.8 Å². The van der Waals surface area contributed by atoms with Gasteiger partial charge >= 0.3 is 5.97 Å². The number of hydrogen-bond acceptors (Lipinski definition) is 4. The summed E-state index contributed by atoms with van der Waals surface area (Å²) in [6.45, 7) is 1.75. The lowest BCUT2D eigenvalue weighted by Crippen LogP contribution is -2.40. The molecule has 1 atom stereocenters. The van der Waals surface area contributed by atoms with Crippen LogP contribution >= 0.6 is 0 Å². The number of rotatable bonds is 4. The van der Waals surface area contributed by atoms with Gasteiger partial charge in [-0.3, -0.25) is 4.79 Å². The highest BCUT2D eigenvalue weighted by molar-refractivity contribution is 7.90. The van der Waals surface area contributed by atoms with E-state index in [1.54, 1.807) is 6.92 Å². The van der Waals surface area contributed by atoms with Gasteiger partial charge in [0.05, 0.1) is 12.5 Å². The van der Waals surface area contributed by atoms with Gasteiger partial charge in [0.25, 0.3) is 0 Å². The number of ether oxygens (including phenoxy) is 1. The van der Waals surface area contributed by atoms with E-state index in [2.05, 4.69) is 0 Å². The van der Waals surface area contributed by atoms with Crippen molar-refractivity contribution < 1.29 is 22.3 Å². The SMILES string of the molecule is COC(=O)C(C)(c1ccc(S(C)(=O)=O)c(F)c1)C1CCCC1. The van der Waals surface area contributed by atoms with Crippen LogP contribution in [0.1, 0.15) is 38.2 Å². The summed E-state index contributed by atoms with van der Waals surface area (Å²) >= 11 is 0. The second kappa shape index (κ2) is 5.99. The van der Waals surface area contributed by atoms with Crippen molar-refractivity contribution in [1.82, 2.24) is 0 Å². The molecule has 1 aliphatic carbocycles. The molecule has 1 saturated carbocycles. The summed E-state index contributed by atoms with van der Waals surface area (Å²) in [5.41, 5.74) is -0.488. The van der Waals surface area contributed by atoms with Gasteiger partial charge in [0.2, 0.25) is 0 Å². The van der Waals surface area contributed by atoms with Crippen molar-refractivity contribution in [3.05, 3.63) is 29.6 Å². The minimum Gasteiger partial charge on any atom is -0.468 e.